The first-order chi connectivity index (χ1) is 9.28. The minimum absolute atomic E-state index is 0.178. The molecule has 0 saturated heterocycles. The Morgan fingerprint density at radius 2 is 2.21 bits per heavy atom. The van der Waals surface area contributed by atoms with E-state index in [0.29, 0.717) is 18.5 Å². The molecule has 1 saturated carbocycles. The van der Waals surface area contributed by atoms with Gasteiger partial charge in [-0.15, -0.1) is 0 Å². The predicted molar refractivity (Wildman–Crippen MR) is 73.8 cm³/mol. The Morgan fingerprint density at radius 3 is 2.84 bits per heavy atom. The van der Waals surface area contributed by atoms with Crippen LogP contribution in [0.15, 0.2) is 31.0 Å². The molecular weight excluding hydrogens is 240 g/mol. The number of aromatic nitrogens is 1. The summed E-state index contributed by atoms with van der Waals surface area (Å²) in [5, 5.41) is 2.71. The highest BCUT2D eigenvalue weighted by Gasteiger charge is 2.15. The van der Waals surface area contributed by atoms with Gasteiger partial charge in [-0.05, 0) is 37.3 Å². The molecule has 1 aliphatic carbocycles. The molecule has 102 valence electrons. The summed E-state index contributed by atoms with van der Waals surface area (Å²) in [6.07, 6.45) is 9.36. The van der Waals surface area contributed by atoms with Gasteiger partial charge in [0.15, 0.2) is 0 Å². The second-order valence-electron chi connectivity index (χ2n) is 4.80. The lowest BCUT2D eigenvalue weighted by Crippen LogP contribution is -2.21. The topological polar surface area (TPSA) is 51.2 Å². The Kier molecular flexibility index (Phi) is 4.95. The number of nitrogens with zero attached hydrogens (tertiary/aromatic N) is 1. The van der Waals surface area contributed by atoms with Crippen LogP contribution in [-0.4, -0.2) is 17.0 Å². The zero-order valence-electron chi connectivity index (χ0n) is 11.1. The predicted octanol–water partition coefficient (Wildman–Crippen LogP) is 2.60. The third kappa shape index (κ3) is 4.39. The highest BCUT2D eigenvalue weighted by atomic mass is 16.5. The average molecular weight is 260 g/mol. The van der Waals surface area contributed by atoms with Crippen LogP contribution in [0.2, 0.25) is 0 Å². The highest BCUT2D eigenvalue weighted by molar-refractivity contribution is 5.86. The number of ether oxygens (including phenoxy) is 1. The van der Waals surface area contributed by atoms with Crippen LogP contribution in [0.25, 0.3) is 0 Å². The van der Waals surface area contributed by atoms with E-state index in [1.807, 2.05) is 12.1 Å². The van der Waals surface area contributed by atoms with E-state index in [4.69, 9.17) is 4.74 Å². The monoisotopic (exact) mass is 260 g/mol. The minimum atomic E-state index is -0.178. The molecule has 0 aromatic carbocycles. The van der Waals surface area contributed by atoms with Crippen molar-refractivity contribution in [2.45, 2.75) is 44.8 Å². The van der Waals surface area contributed by atoms with Crippen LogP contribution in [0.5, 0.6) is 5.88 Å². The van der Waals surface area contributed by atoms with Gasteiger partial charge < -0.3 is 10.1 Å². The smallest absolute Gasteiger partial charge is 0.243 e. The molecule has 0 aliphatic heterocycles. The molecule has 1 fully saturated rings. The largest absolute Gasteiger partial charge is 0.474 e. The maximum absolute atomic E-state index is 11.0. The Bertz CT molecular complexity index is 422. The number of nitrogens with one attached hydrogen (secondary N) is 1. The molecule has 0 spiro atoms. The molecule has 0 atom stereocenters. The molecule has 4 heteroatoms. The van der Waals surface area contributed by atoms with E-state index >= 15 is 0 Å². The summed E-state index contributed by atoms with van der Waals surface area (Å²) in [5.74, 6) is 0.494. The summed E-state index contributed by atoms with van der Waals surface area (Å²) in [5.41, 5.74) is 0.950. The van der Waals surface area contributed by atoms with Crippen molar-refractivity contribution in [3.63, 3.8) is 0 Å². The van der Waals surface area contributed by atoms with Crippen molar-refractivity contribution in [3.05, 3.63) is 36.5 Å². The molecule has 19 heavy (non-hydrogen) atoms. The molecule has 0 radical (unpaired) electrons. The molecule has 0 bridgehead atoms. The SMILES string of the molecule is C=CC(=O)NCc1ccc(OC2CCCCC2)nc1. The van der Waals surface area contributed by atoms with Gasteiger partial charge in [0, 0.05) is 18.8 Å². The third-order valence-corrected chi connectivity index (χ3v) is 3.29. The van der Waals surface area contributed by atoms with Crippen LogP contribution >= 0.6 is 0 Å². The molecule has 0 unspecified atom stereocenters. The first kappa shape index (κ1) is 13.6. The highest BCUT2D eigenvalue weighted by Crippen LogP contribution is 2.22. The Balaban J connectivity index is 1.83. The van der Waals surface area contributed by atoms with Gasteiger partial charge in [-0.25, -0.2) is 4.98 Å². The Morgan fingerprint density at radius 1 is 1.42 bits per heavy atom. The summed E-state index contributed by atoms with van der Waals surface area (Å²) in [6.45, 7) is 3.86. The van der Waals surface area contributed by atoms with Crippen molar-refractivity contribution in [1.82, 2.24) is 10.3 Å². The summed E-state index contributed by atoms with van der Waals surface area (Å²) >= 11 is 0. The molecule has 1 N–H and O–H groups in total. The van der Waals surface area contributed by atoms with Crippen LogP contribution in [-0.2, 0) is 11.3 Å². The number of hydrogen-bond donors (Lipinski definition) is 1. The van der Waals surface area contributed by atoms with Gasteiger partial charge in [-0.2, -0.15) is 0 Å². The first-order valence-corrected chi connectivity index (χ1v) is 6.80. The van der Waals surface area contributed by atoms with Crippen molar-refractivity contribution in [2.24, 2.45) is 0 Å². The molecular formula is C15H20N2O2. The van der Waals surface area contributed by atoms with Gasteiger partial charge in [-0.1, -0.05) is 19.1 Å². The Hall–Kier alpha value is -1.84. The average Bonchev–Trinajstić information content (AvgIpc) is 2.47. The molecule has 1 aliphatic rings. The van der Waals surface area contributed by atoms with Gasteiger partial charge >= 0.3 is 0 Å². The third-order valence-electron chi connectivity index (χ3n) is 3.29. The van der Waals surface area contributed by atoms with Gasteiger partial charge in [0.2, 0.25) is 11.8 Å². The second-order valence-corrected chi connectivity index (χ2v) is 4.80. The summed E-state index contributed by atoms with van der Waals surface area (Å²) in [7, 11) is 0. The lowest BCUT2D eigenvalue weighted by molar-refractivity contribution is -0.116. The summed E-state index contributed by atoms with van der Waals surface area (Å²) in [6, 6.07) is 3.79. The van der Waals surface area contributed by atoms with Crippen LogP contribution in [0.4, 0.5) is 0 Å². The molecule has 2 rings (SSSR count). The van der Waals surface area contributed by atoms with Crippen molar-refractivity contribution in [1.29, 1.82) is 0 Å². The van der Waals surface area contributed by atoms with Crippen LogP contribution < -0.4 is 10.1 Å². The van der Waals surface area contributed by atoms with Crippen LogP contribution in [0, 0.1) is 0 Å². The van der Waals surface area contributed by atoms with E-state index in [0.717, 1.165) is 18.4 Å². The minimum Gasteiger partial charge on any atom is -0.474 e. The molecule has 1 amide bonds. The zero-order valence-corrected chi connectivity index (χ0v) is 11.1. The number of rotatable bonds is 5. The number of carbonyl (C=O) groups is 1. The number of amides is 1. The van der Waals surface area contributed by atoms with Crippen LogP contribution in [0.3, 0.4) is 0 Å². The fraction of sp³-hybridized carbons (Fsp3) is 0.467. The van der Waals surface area contributed by atoms with E-state index in [2.05, 4.69) is 16.9 Å². The number of carbonyl (C=O) groups excluding carboxylic acids is 1. The number of pyridine rings is 1. The normalized spacial score (nSPS) is 15.8. The molecule has 1 aromatic rings. The van der Waals surface area contributed by atoms with Gasteiger partial charge in [0.05, 0.1) is 0 Å². The lowest BCUT2D eigenvalue weighted by Gasteiger charge is -2.22. The van der Waals surface area contributed by atoms with Gasteiger partial charge in [0.1, 0.15) is 6.10 Å². The van der Waals surface area contributed by atoms with Crippen LogP contribution in [0.1, 0.15) is 37.7 Å². The summed E-state index contributed by atoms with van der Waals surface area (Å²) in [4.78, 5) is 15.3. The van der Waals surface area contributed by atoms with Crippen molar-refractivity contribution in [3.8, 4) is 5.88 Å². The molecule has 1 heterocycles. The first-order valence-electron chi connectivity index (χ1n) is 6.80. The van der Waals surface area contributed by atoms with E-state index in [1.165, 1.54) is 25.3 Å². The fourth-order valence-electron chi connectivity index (χ4n) is 2.20. The van der Waals surface area contributed by atoms with E-state index in [1.54, 1.807) is 6.20 Å². The van der Waals surface area contributed by atoms with E-state index < -0.39 is 0 Å². The second kappa shape index (κ2) is 6.92. The fourth-order valence-corrected chi connectivity index (χ4v) is 2.20. The standard InChI is InChI=1S/C15H20N2O2/c1-2-14(18)16-10-12-8-9-15(17-11-12)19-13-6-4-3-5-7-13/h2,8-9,11,13H,1,3-7,10H2,(H,16,18). The quantitative estimate of drug-likeness (QED) is 0.828. The molecule has 1 aromatic heterocycles. The van der Waals surface area contributed by atoms with Crippen molar-refractivity contribution >= 4 is 5.91 Å². The summed E-state index contributed by atoms with van der Waals surface area (Å²) < 4.78 is 5.84. The lowest BCUT2D eigenvalue weighted by atomic mass is 9.98. The zero-order chi connectivity index (χ0) is 13.5. The van der Waals surface area contributed by atoms with Crippen molar-refractivity contribution in [2.75, 3.05) is 0 Å². The maximum Gasteiger partial charge on any atom is 0.243 e. The van der Waals surface area contributed by atoms with Gasteiger partial charge in [0.25, 0.3) is 0 Å². The number of hydrogen-bond acceptors (Lipinski definition) is 3. The molecule has 4 nitrogen and oxygen atoms in total. The van der Waals surface area contributed by atoms with E-state index in [-0.39, 0.29) is 5.91 Å². The van der Waals surface area contributed by atoms with Crippen molar-refractivity contribution < 1.29 is 9.53 Å². The Labute approximate surface area is 113 Å². The van der Waals surface area contributed by atoms with E-state index in [9.17, 15) is 4.79 Å². The maximum atomic E-state index is 11.0. The van der Waals surface area contributed by atoms with Gasteiger partial charge in [-0.3, -0.25) is 4.79 Å².